The van der Waals surface area contributed by atoms with Crippen molar-refractivity contribution < 1.29 is 19.1 Å². The highest BCUT2D eigenvalue weighted by Gasteiger charge is 2.59. The van der Waals surface area contributed by atoms with Crippen LogP contribution in [-0.2, 0) is 26.2 Å². The van der Waals surface area contributed by atoms with Crippen molar-refractivity contribution in [1.82, 2.24) is 9.80 Å². The molecule has 3 atom stereocenters. The number of hydrogen-bond acceptors (Lipinski definition) is 5. The van der Waals surface area contributed by atoms with Gasteiger partial charge in [-0.15, -0.1) is 6.58 Å². The van der Waals surface area contributed by atoms with Crippen LogP contribution >= 0.6 is 23.2 Å². The Labute approximate surface area is 254 Å². The maximum absolute atomic E-state index is 13.9. The summed E-state index contributed by atoms with van der Waals surface area (Å²) in [5.41, 5.74) is 1.09. The molecule has 1 amide bonds. The number of fused-ring (bicyclic) bond motifs is 1. The maximum Gasteiger partial charge on any atom is 0.308 e. The van der Waals surface area contributed by atoms with Crippen molar-refractivity contribution in [1.29, 1.82) is 0 Å². The van der Waals surface area contributed by atoms with Crippen LogP contribution in [0.4, 0.5) is 0 Å². The molecule has 0 radical (unpaired) electrons. The molecule has 2 fully saturated rings. The number of rotatable bonds is 10. The Morgan fingerprint density at radius 2 is 1.95 bits per heavy atom. The van der Waals surface area contributed by atoms with E-state index in [2.05, 4.69) is 36.3 Å². The molecule has 2 aromatic rings. The Kier molecular flexibility index (Phi) is 10.2. The first kappa shape index (κ1) is 31.6. The van der Waals surface area contributed by atoms with Crippen LogP contribution in [0.15, 0.2) is 55.1 Å². The number of benzene rings is 2. The number of carbonyl (C=O) groups is 2. The Balaban J connectivity index is 1.73. The largest absolute Gasteiger partial charge is 0.427 e. The summed E-state index contributed by atoms with van der Waals surface area (Å²) in [6, 6.07) is 13.3. The number of nitrogens with zero attached hydrogens (tertiary/aromatic N) is 2. The molecule has 0 aromatic heterocycles. The molecule has 2 aromatic carbocycles. The summed E-state index contributed by atoms with van der Waals surface area (Å²) >= 11 is 12.4. The van der Waals surface area contributed by atoms with E-state index >= 15 is 0 Å². The van der Waals surface area contributed by atoms with Crippen LogP contribution < -0.4 is 4.74 Å². The number of methoxy groups -OCH3 is 1. The molecule has 1 saturated heterocycles. The first-order valence-corrected chi connectivity index (χ1v) is 15.2. The van der Waals surface area contributed by atoms with Gasteiger partial charge in [-0.05, 0) is 73.5 Å². The van der Waals surface area contributed by atoms with Crippen molar-refractivity contribution in [2.75, 3.05) is 33.3 Å². The zero-order valence-electron chi connectivity index (χ0n) is 24.6. The van der Waals surface area contributed by atoms with Gasteiger partial charge in [0.2, 0.25) is 5.91 Å². The Bertz CT molecular complexity index is 1270. The van der Waals surface area contributed by atoms with Crippen LogP contribution in [-0.4, -0.2) is 66.6 Å². The Morgan fingerprint density at radius 3 is 2.61 bits per heavy atom. The van der Waals surface area contributed by atoms with E-state index in [0.717, 1.165) is 56.4 Å². The van der Waals surface area contributed by atoms with Crippen molar-refractivity contribution in [3.05, 3.63) is 76.3 Å². The number of halogens is 2. The molecule has 0 N–H and O–H groups in total. The van der Waals surface area contributed by atoms with Gasteiger partial charge in [-0.2, -0.15) is 0 Å². The van der Waals surface area contributed by atoms with Crippen LogP contribution in [0.1, 0.15) is 57.6 Å². The predicted molar refractivity (Wildman–Crippen MR) is 165 cm³/mol. The smallest absolute Gasteiger partial charge is 0.308 e. The van der Waals surface area contributed by atoms with Gasteiger partial charge in [-0.3, -0.25) is 14.5 Å². The fourth-order valence-corrected chi connectivity index (χ4v) is 7.29. The van der Waals surface area contributed by atoms with Gasteiger partial charge in [-0.25, -0.2) is 0 Å². The Morgan fingerprint density at radius 1 is 1.17 bits per heavy atom. The summed E-state index contributed by atoms with van der Waals surface area (Å²) in [6.45, 7) is 12.8. The van der Waals surface area contributed by atoms with Gasteiger partial charge >= 0.3 is 5.97 Å². The minimum atomic E-state index is -0.462. The van der Waals surface area contributed by atoms with Crippen molar-refractivity contribution in [2.45, 2.75) is 69.9 Å². The number of likely N-dealkylation sites (tertiary alicyclic amines) is 1. The molecule has 0 bridgehead atoms. The molecule has 1 aliphatic heterocycles. The van der Waals surface area contributed by atoms with Crippen LogP contribution in [0.5, 0.6) is 5.75 Å². The number of piperidine rings is 1. The zero-order valence-corrected chi connectivity index (χ0v) is 26.1. The monoisotopic (exact) mass is 600 g/mol. The first-order valence-electron chi connectivity index (χ1n) is 14.4. The Hall–Kier alpha value is -2.38. The number of hydrogen-bond donors (Lipinski definition) is 0. The average Bonchev–Trinajstić information content (AvgIpc) is 2.93. The number of carbonyl (C=O) groups excluding carboxylic acids is 2. The molecule has 6 nitrogen and oxygen atoms in total. The quantitative estimate of drug-likeness (QED) is 0.172. The van der Waals surface area contributed by atoms with Gasteiger partial charge in [0.25, 0.3) is 0 Å². The van der Waals surface area contributed by atoms with Crippen LogP contribution in [0.2, 0.25) is 10.0 Å². The second-order valence-electron chi connectivity index (χ2n) is 11.9. The van der Waals surface area contributed by atoms with E-state index in [1.54, 1.807) is 12.1 Å². The lowest BCUT2D eigenvalue weighted by atomic mass is 9.55. The van der Waals surface area contributed by atoms with Crippen LogP contribution in [0, 0.1) is 5.92 Å². The summed E-state index contributed by atoms with van der Waals surface area (Å²) in [4.78, 5) is 30.2. The fraction of sp³-hybridized carbons (Fsp3) is 0.515. The van der Waals surface area contributed by atoms with E-state index in [-0.39, 0.29) is 29.8 Å². The predicted octanol–water partition coefficient (Wildman–Crippen LogP) is 6.71. The SMILES string of the molecule is C=CCN1CC[C@@]2(c3cccc(OC(C)=O)c3)C[C@@H](N(CC(C)C)C(=O)Cc3ccc(Cl)c(Cl)c3)CC[C@]2(OC)C1. The molecule has 1 aliphatic carbocycles. The van der Waals surface area contributed by atoms with Gasteiger partial charge in [0.1, 0.15) is 5.75 Å². The van der Waals surface area contributed by atoms with Gasteiger partial charge in [0.05, 0.1) is 22.1 Å². The topological polar surface area (TPSA) is 59.1 Å². The third-order valence-electron chi connectivity index (χ3n) is 8.76. The van der Waals surface area contributed by atoms with Crippen molar-refractivity contribution >= 4 is 35.1 Å². The van der Waals surface area contributed by atoms with E-state index in [9.17, 15) is 9.59 Å². The molecule has 8 heteroatoms. The van der Waals surface area contributed by atoms with E-state index in [1.165, 1.54) is 6.92 Å². The maximum atomic E-state index is 13.9. The van der Waals surface area contributed by atoms with Gasteiger partial charge in [0, 0.05) is 45.1 Å². The number of amides is 1. The second-order valence-corrected chi connectivity index (χ2v) is 12.8. The lowest BCUT2D eigenvalue weighted by Crippen LogP contribution is -2.68. The molecule has 222 valence electrons. The third-order valence-corrected chi connectivity index (χ3v) is 9.50. The third kappa shape index (κ3) is 6.83. The van der Waals surface area contributed by atoms with E-state index in [1.807, 2.05) is 37.5 Å². The minimum Gasteiger partial charge on any atom is -0.427 e. The normalized spacial score (nSPS) is 24.5. The summed E-state index contributed by atoms with van der Waals surface area (Å²) in [5, 5.41) is 0.929. The van der Waals surface area contributed by atoms with Crippen molar-refractivity contribution in [2.24, 2.45) is 5.92 Å². The van der Waals surface area contributed by atoms with Crippen LogP contribution in [0.3, 0.4) is 0 Å². The fourth-order valence-electron chi connectivity index (χ4n) is 6.97. The number of ether oxygens (including phenoxy) is 2. The summed E-state index contributed by atoms with van der Waals surface area (Å²) < 4.78 is 12.0. The standard InChI is InChI=1S/C33H42Cl2N2O4/c1-6-15-36-16-14-32(26-8-7-9-28(19-26)41-24(4)38)20-27(12-13-33(32,22-36)40-5)37(21-23(2)3)31(39)18-25-10-11-29(34)30(35)17-25/h6-11,17,19,23,27H,1,12-16,18,20-22H2,2-5H3/t27-,32-,33-/m0/s1. The molecular weight excluding hydrogens is 559 g/mol. The highest BCUT2D eigenvalue weighted by atomic mass is 35.5. The lowest BCUT2D eigenvalue weighted by molar-refractivity contribution is -0.161. The van der Waals surface area contributed by atoms with Gasteiger partial charge in [0.15, 0.2) is 0 Å². The van der Waals surface area contributed by atoms with E-state index < -0.39 is 5.60 Å². The van der Waals surface area contributed by atoms with Gasteiger partial charge in [-0.1, -0.05) is 61.3 Å². The summed E-state index contributed by atoms with van der Waals surface area (Å²) in [6.07, 6.45) is 5.44. The number of esters is 1. The highest BCUT2D eigenvalue weighted by Crippen LogP contribution is 2.54. The van der Waals surface area contributed by atoms with Crippen LogP contribution in [0.25, 0.3) is 0 Å². The summed E-state index contributed by atoms with van der Waals surface area (Å²) in [7, 11) is 1.81. The molecule has 2 aliphatic rings. The second kappa shape index (κ2) is 13.3. The zero-order chi connectivity index (χ0) is 29.8. The molecule has 41 heavy (non-hydrogen) atoms. The average molecular weight is 602 g/mol. The molecule has 0 unspecified atom stereocenters. The minimum absolute atomic E-state index is 0.0271. The lowest BCUT2D eigenvalue weighted by Gasteiger charge is -2.60. The summed E-state index contributed by atoms with van der Waals surface area (Å²) in [5.74, 6) is 0.565. The molecule has 4 rings (SSSR count). The first-order chi connectivity index (χ1) is 19.5. The van der Waals surface area contributed by atoms with E-state index in [4.69, 9.17) is 32.7 Å². The molecule has 0 spiro atoms. The molecular formula is C33H42Cl2N2O4. The van der Waals surface area contributed by atoms with Crippen molar-refractivity contribution in [3.8, 4) is 5.75 Å². The molecule has 1 saturated carbocycles. The van der Waals surface area contributed by atoms with E-state index in [0.29, 0.717) is 28.3 Å². The van der Waals surface area contributed by atoms with Gasteiger partial charge < -0.3 is 14.4 Å². The van der Waals surface area contributed by atoms with Crippen molar-refractivity contribution in [3.63, 3.8) is 0 Å². The highest BCUT2D eigenvalue weighted by molar-refractivity contribution is 6.42. The molecule has 1 heterocycles.